The van der Waals surface area contributed by atoms with E-state index in [0.29, 0.717) is 27.7 Å². The molecule has 5 heteroatoms. The molecule has 0 saturated heterocycles. The van der Waals surface area contributed by atoms with Crippen molar-refractivity contribution >= 4 is 58.0 Å². The van der Waals surface area contributed by atoms with Crippen LogP contribution in [0.2, 0.25) is 10.0 Å². The van der Waals surface area contributed by atoms with Crippen LogP contribution in [0.4, 0.5) is 0 Å². The molecule has 0 amide bonds. The lowest BCUT2D eigenvalue weighted by molar-refractivity contribution is 0.614. The Kier molecular flexibility index (Phi) is 5.35. The number of halogens is 5. The molecule has 0 nitrogen and oxygen atoms in total. The largest absolute Gasteiger partial charge is 0.126 e. The van der Waals surface area contributed by atoms with Crippen LogP contribution in [0, 0.1) is 0 Å². The van der Waals surface area contributed by atoms with Crippen LogP contribution in [0.5, 0.6) is 0 Å². The van der Waals surface area contributed by atoms with E-state index in [2.05, 4.69) is 0 Å². The maximum absolute atomic E-state index is 6.09. The van der Waals surface area contributed by atoms with Gasteiger partial charge in [-0.3, -0.25) is 0 Å². The number of rotatable bonds is 4. The molecule has 84 valence electrons. The van der Waals surface area contributed by atoms with Gasteiger partial charge in [-0.05, 0) is 17.7 Å². The van der Waals surface area contributed by atoms with Gasteiger partial charge in [-0.1, -0.05) is 29.3 Å². The summed E-state index contributed by atoms with van der Waals surface area (Å²) < 4.78 is 0. The van der Waals surface area contributed by atoms with Gasteiger partial charge in [-0.2, -0.15) is 0 Å². The number of hydrogen-bond donors (Lipinski definition) is 0. The van der Waals surface area contributed by atoms with Gasteiger partial charge in [0.1, 0.15) is 0 Å². The Balaban J connectivity index is 3.22. The first-order valence-electron chi connectivity index (χ1n) is 4.23. The highest BCUT2D eigenvalue weighted by Crippen LogP contribution is 2.35. The van der Waals surface area contributed by atoms with Crippen LogP contribution in [-0.4, -0.2) is 17.6 Å². The fourth-order valence-corrected chi connectivity index (χ4v) is 3.14. The second-order valence-corrected chi connectivity index (χ2v) is 4.95. The molecule has 0 spiro atoms. The monoisotopic (exact) mass is 304 g/mol. The predicted octanol–water partition coefficient (Wildman–Crippen LogP) is 4.95. The van der Waals surface area contributed by atoms with E-state index in [1.165, 1.54) is 0 Å². The molecule has 1 rings (SSSR count). The van der Waals surface area contributed by atoms with Gasteiger partial charge in [0.05, 0.1) is 0 Å². The van der Waals surface area contributed by atoms with Gasteiger partial charge < -0.3 is 0 Å². The highest BCUT2D eigenvalue weighted by molar-refractivity contribution is 6.35. The Hall–Kier alpha value is 0.670. The molecule has 1 aromatic rings. The normalized spacial score (nSPS) is 11.8. The summed E-state index contributed by atoms with van der Waals surface area (Å²) in [6.07, 6.45) is 0. The van der Waals surface area contributed by atoms with E-state index in [-0.39, 0.29) is 0 Å². The van der Waals surface area contributed by atoms with E-state index in [0.717, 1.165) is 5.56 Å². The predicted molar refractivity (Wildman–Crippen MR) is 70.3 cm³/mol. The smallest absolute Gasteiger partial charge is 0.0459 e. The Bertz CT molecular complexity index is 324. The lowest BCUT2D eigenvalue weighted by atomic mass is 9.86. The average molecular weight is 306 g/mol. The first-order valence-corrected chi connectivity index (χ1v) is 6.59. The summed E-state index contributed by atoms with van der Waals surface area (Å²) in [7, 11) is 0. The zero-order chi connectivity index (χ0) is 11.5. The summed E-state index contributed by atoms with van der Waals surface area (Å²) in [5, 5.41) is 1.13. The summed E-state index contributed by atoms with van der Waals surface area (Å²) in [6.45, 7) is 0. The van der Waals surface area contributed by atoms with E-state index in [4.69, 9.17) is 58.0 Å². The molecule has 0 aliphatic heterocycles. The molecule has 0 aliphatic carbocycles. The van der Waals surface area contributed by atoms with Gasteiger partial charge in [0.2, 0.25) is 0 Å². The first-order chi connectivity index (χ1) is 7.09. The minimum atomic E-state index is -0.494. The Morgan fingerprint density at radius 2 is 1.47 bits per heavy atom. The summed E-state index contributed by atoms with van der Waals surface area (Å²) in [4.78, 5) is 0. The quantitative estimate of drug-likeness (QED) is 0.691. The van der Waals surface area contributed by atoms with Crippen molar-refractivity contribution in [1.82, 2.24) is 0 Å². The van der Waals surface area contributed by atoms with Crippen molar-refractivity contribution in [3.63, 3.8) is 0 Å². The highest BCUT2D eigenvalue weighted by Gasteiger charge is 2.31. The van der Waals surface area contributed by atoms with E-state index >= 15 is 0 Å². The zero-order valence-electron chi connectivity index (χ0n) is 7.74. The van der Waals surface area contributed by atoms with Crippen molar-refractivity contribution in [3.05, 3.63) is 33.8 Å². The lowest BCUT2D eigenvalue weighted by Crippen LogP contribution is -2.33. The molecule has 0 bridgehead atoms. The van der Waals surface area contributed by atoms with E-state index < -0.39 is 5.41 Å². The molecular weight excluding hydrogens is 297 g/mol. The van der Waals surface area contributed by atoms with Crippen LogP contribution in [0.15, 0.2) is 18.2 Å². The molecule has 0 radical (unpaired) electrons. The van der Waals surface area contributed by atoms with Crippen molar-refractivity contribution in [2.45, 2.75) is 5.41 Å². The molecule has 0 heterocycles. The van der Waals surface area contributed by atoms with Crippen LogP contribution in [0.1, 0.15) is 5.56 Å². The third kappa shape index (κ3) is 2.87. The third-order valence-electron chi connectivity index (χ3n) is 2.27. The topological polar surface area (TPSA) is 0 Å². The van der Waals surface area contributed by atoms with Gasteiger partial charge >= 0.3 is 0 Å². The van der Waals surface area contributed by atoms with Crippen molar-refractivity contribution in [3.8, 4) is 0 Å². The molecule has 0 aliphatic rings. The van der Waals surface area contributed by atoms with Crippen LogP contribution >= 0.6 is 58.0 Å². The summed E-state index contributed by atoms with van der Waals surface area (Å²) in [5.74, 6) is 0.962. The van der Waals surface area contributed by atoms with Crippen molar-refractivity contribution < 1.29 is 0 Å². The summed E-state index contributed by atoms with van der Waals surface area (Å²) >= 11 is 29.6. The zero-order valence-corrected chi connectivity index (χ0v) is 11.5. The fraction of sp³-hybridized carbons (Fsp3) is 0.400. The molecule has 15 heavy (non-hydrogen) atoms. The standard InChI is InChI=1S/C10H9Cl5/c11-4-10(5-12,6-13)8-2-1-7(14)3-9(8)15/h1-3H,4-6H2. The minimum absolute atomic E-state index is 0.321. The molecule has 1 aromatic carbocycles. The average Bonchev–Trinajstić information content (AvgIpc) is 2.23. The summed E-state index contributed by atoms with van der Waals surface area (Å²) in [5.41, 5.74) is 0.348. The van der Waals surface area contributed by atoms with Gasteiger partial charge in [0, 0.05) is 33.1 Å². The molecular formula is C10H9Cl5. The Labute approximate surface area is 114 Å². The van der Waals surface area contributed by atoms with E-state index in [1.54, 1.807) is 12.1 Å². The number of alkyl halides is 3. The van der Waals surface area contributed by atoms with Crippen LogP contribution < -0.4 is 0 Å². The van der Waals surface area contributed by atoms with E-state index in [9.17, 15) is 0 Å². The minimum Gasteiger partial charge on any atom is -0.126 e. The van der Waals surface area contributed by atoms with Gasteiger partial charge in [0.15, 0.2) is 0 Å². The highest BCUT2D eigenvalue weighted by atomic mass is 35.5. The third-order valence-corrected chi connectivity index (χ3v) is 4.35. The molecule has 0 fully saturated rings. The van der Waals surface area contributed by atoms with Crippen molar-refractivity contribution in [2.24, 2.45) is 0 Å². The van der Waals surface area contributed by atoms with Crippen LogP contribution in [0.25, 0.3) is 0 Å². The summed E-state index contributed by atoms with van der Waals surface area (Å²) in [6, 6.07) is 5.24. The SMILES string of the molecule is ClCC(CCl)(CCl)c1ccc(Cl)cc1Cl. The first kappa shape index (κ1) is 13.7. The lowest BCUT2D eigenvalue weighted by Gasteiger charge is -2.28. The van der Waals surface area contributed by atoms with Gasteiger partial charge in [0.25, 0.3) is 0 Å². The van der Waals surface area contributed by atoms with Crippen molar-refractivity contribution in [2.75, 3.05) is 17.6 Å². The number of hydrogen-bond acceptors (Lipinski definition) is 0. The molecule has 0 unspecified atom stereocenters. The molecule has 0 aromatic heterocycles. The Morgan fingerprint density at radius 3 is 1.87 bits per heavy atom. The second kappa shape index (κ2) is 5.84. The molecule has 0 atom stereocenters. The molecule has 0 N–H and O–H groups in total. The second-order valence-electron chi connectivity index (χ2n) is 3.31. The fourth-order valence-electron chi connectivity index (χ4n) is 1.24. The van der Waals surface area contributed by atoms with Crippen LogP contribution in [0.3, 0.4) is 0 Å². The van der Waals surface area contributed by atoms with Crippen molar-refractivity contribution in [1.29, 1.82) is 0 Å². The Morgan fingerprint density at radius 1 is 0.933 bits per heavy atom. The van der Waals surface area contributed by atoms with Crippen LogP contribution in [-0.2, 0) is 5.41 Å². The van der Waals surface area contributed by atoms with Gasteiger partial charge in [-0.25, -0.2) is 0 Å². The van der Waals surface area contributed by atoms with E-state index in [1.807, 2.05) is 6.07 Å². The maximum Gasteiger partial charge on any atom is 0.0459 e. The maximum atomic E-state index is 6.09. The molecule has 0 saturated carbocycles. The number of benzene rings is 1. The van der Waals surface area contributed by atoms with Gasteiger partial charge in [-0.15, -0.1) is 34.8 Å².